The van der Waals surface area contributed by atoms with E-state index in [1.807, 2.05) is 9.80 Å². The lowest BCUT2D eigenvalue weighted by molar-refractivity contribution is -0.384. The Hall–Kier alpha value is -3.33. The molecule has 1 N–H and O–H groups in total. The Balaban J connectivity index is 1.51. The molecule has 1 fully saturated rings. The highest BCUT2D eigenvalue weighted by Gasteiger charge is 2.21. The first kappa shape index (κ1) is 20.4. The number of Topliss-reactive ketones (excluding diaryl/α,β-unsaturated/α-hetero) is 1. The van der Waals surface area contributed by atoms with E-state index in [-0.39, 0.29) is 23.9 Å². The van der Waals surface area contributed by atoms with Crippen molar-refractivity contribution in [1.82, 2.24) is 4.90 Å². The molecule has 0 aromatic heterocycles. The topological polar surface area (TPSA) is 95.8 Å². The highest BCUT2D eigenvalue weighted by Crippen LogP contribution is 2.22. The number of hydrogen-bond acceptors (Lipinski definition) is 6. The lowest BCUT2D eigenvalue weighted by atomic mass is 10.1. The standard InChI is InChI=1S/C20H21FN4O4/c1-14(26)15-2-7-19(18(21)12-15)24-10-8-23(9-11-24)13-20(27)22-16-3-5-17(6-4-16)25(28)29/h2-7,12H,8-11,13H2,1H3,(H,22,27). The van der Waals surface area contributed by atoms with Gasteiger partial charge in [-0.1, -0.05) is 0 Å². The smallest absolute Gasteiger partial charge is 0.269 e. The number of carbonyl (C=O) groups is 2. The summed E-state index contributed by atoms with van der Waals surface area (Å²) in [7, 11) is 0. The average Bonchev–Trinajstić information content (AvgIpc) is 2.69. The number of hydrogen-bond donors (Lipinski definition) is 1. The Morgan fingerprint density at radius 1 is 1.10 bits per heavy atom. The maximum Gasteiger partial charge on any atom is 0.269 e. The minimum atomic E-state index is -0.498. The molecule has 3 rings (SSSR count). The van der Waals surface area contributed by atoms with Crippen LogP contribution in [-0.4, -0.2) is 54.2 Å². The van der Waals surface area contributed by atoms with E-state index in [4.69, 9.17) is 0 Å². The minimum Gasteiger partial charge on any atom is -0.367 e. The van der Waals surface area contributed by atoms with Gasteiger partial charge in [-0.3, -0.25) is 24.6 Å². The van der Waals surface area contributed by atoms with Crippen LogP contribution in [0.4, 0.5) is 21.5 Å². The van der Waals surface area contributed by atoms with Gasteiger partial charge in [0.15, 0.2) is 5.78 Å². The molecule has 9 heteroatoms. The van der Waals surface area contributed by atoms with Crippen LogP contribution < -0.4 is 10.2 Å². The summed E-state index contributed by atoms with van der Waals surface area (Å²) in [6.07, 6.45) is 0. The maximum atomic E-state index is 14.3. The van der Waals surface area contributed by atoms with Gasteiger partial charge in [0.1, 0.15) is 5.82 Å². The van der Waals surface area contributed by atoms with Crippen LogP contribution in [0.2, 0.25) is 0 Å². The number of rotatable bonds is 6. The molecule has 1 saturated heterocycles. The molecule has 0 spiro atoms. The number of nitrogens with zero attached hydrogens (tertiary/aromatic N) is 3. The van der Waals surface area contributed by atoms with Crippen LogP contribution in [-0.2, 0) is 4.79 Å². The third kappa shape index (κ3) is 5.14. The summed E-state index contributed by atoms with van der Waals surface area (Å²) in [5.41, 5.74) is 1.24. The SMILES string of the molecule is CC(=O)c1ccc(N2CCN(CC(=O)Nc3ccc([N+](=O)[O-])cc3)CC2)c(F)c1. The van der Waals surface area contributed by atoms with Crippen molar-refractivity contribution in [3.8, 4) is 0 Å². The fourth-order valence-corrected chi connectivity index (χ4v) is 3.20. The zero-order valence-electron chi connectivity index (χ0n) is 15.9. The zero-order valence-corrected chi connectivity index (χ0v) is 15.9. The van der Waals surface area contributed by atoms with Crippen LogP contribution in [0, 0.1) is 15.9 Å². The quantitative estimate of drug-likeness (QED) is 0.455. The van der Waals surface area contributed by atoms with Gasteiger partial charge in [0.05, 0.1) is 17.2 Å². The monoisotopic (exact) mass is 400 g/mol. The second-order valence-electron chi connectivity index (χ2n) is 6.84. The first-order valence-electron chi connectivity index (χ1n) is 9.15. The molecular formula is C20H21FN4O4. The van der Waals surface area contributed by atoms with Crippen LogP contribution >= 0.6 is 0 Å². The number of ketones is 1. The molecule has 0 atom stereocenters. The van der Waals surface area contributed by atoms with Crippen molar-refractivity contribution in [3.05, 3.63) is 64.0 Å². The van der Waals surface area contributed by atoms with Crippen molar-refractivity contribution in [2.45, 2.75) is 6.92 Å². The van der Waals surface area contributed by atoms with Gasteiger partial charge in [0, 0.05) is 49.6 Å². The molecule has 0 bridgehead atoms. The molecule has 0 aliphatic carbocycles. The minimum absolute atomic E-state index is 0.0392. The average molecular weight is 400 g/mol. The fourth-order valence-electron chi connectivity index (χ4n) is 3.20. The van der Waals surface area contributed by atoms with E-state index in [0.29, 0.717) is 43.1 Å². The van der Waals surface area contributed by atoms with Crippen molar-refractivity contribution in [3.63, 3.8) is 0 Å². The summed E-state index contributed by atoms with van der Waals surface area (Å²) < 4.78 is 14.3. The maximum absolute atomic E-state index is 14.3. The van der Waals surface area contributed by atoms with Gasteiger partial charge < -0.3 is 10.2 Å². The Bertz CT molecular complexity index is 925. The second kappa shape index (κ2) is 8.78. The first-order chi connectivity index (χ1) is 13.8. The van der Waals surface area contributed by atoms with E-state index < -0.39 is 10.7 Å². The van der Waals surface area contributed by atoms with Crippen molar-refractivity contribution >= 4 is 28.8 Å². The second-order valence-corrected chi connectivity index (χ2v) is 6.84. The molecule has 1 aliphatic heterocycles. The largest absolute Gasteiger partial charge is 0.367 e. The predicted molar refractivity (Wildman–Crippen MR) is 107 cm³/mol. The number of amides is 1. The number of nitro benzene ring substituents is 1. The van der Waals surface area contributed by atoms with Crippen LogP contribution in [0.15, 0.2) is 42.5 Å². The van der Waals surface area contributed by atoms with E-state index in [9.17, 15) is 24.1 Å². The number of piperazine rings is 1. The number of halogens is 1. The van der Waals surface area contributed by atoms with Gasteiger partial charge >= 0.3 is 0 Å². The summed E-state index contributed by atoms with van der Waals surface area (Å²) in [4.78, 5) is 37.6. The van der Waals surface area contributed by atoms with Crippen molar-refractivity contribution in [1.29, 1.82) is 0 Å². The molecule has 1 aliphatic rings. The Kier molecular flexibility index (Phi) is 6.18. The van der Waals surface area contributed by atoms with Crippen LogP contribution in [0.5, 0.6) is 0 Å². The van der Waals surface area contributed by atoms with E-state index in [2.05, 4.69) is 5.32 Å². The highest BCUT2D eigenvalue weighted by atomic mass is 19.1. The van der Waals surface area contributed by atoms with E-state index >= 15 is 0 Å². The lowest BCUT2D eigenvalue weighted by Gasteiger charge is -2.35. The number of benzene rings is 2. The van der Waals surface area contributed by atoms with Gasteiger partial charge in [-0.05, 0) is 37.3 Å². The molecule has 2 aromatic rings. The number of anilines is 2. The van der Waals surface area contributed by atoms with Crippen molar-refractivity contribution in [2.75, 3.05) is 42.9 Å². The van der Waals surface area contributed by atoms with Crippen LogP contribution in [0.3, 0.4) is 0 Å². The van der Waals surface area contributed by atoms with Gasteiger partial charge in [-0.15, -0.1) is 0 Å². The third-order valence-electron chi connectivity index (χ3n) is 4.80. The van der Waals surface area contributed by atoms with Crippen molar-refractivity contribution < 1.29 is 18.9 Å². The summed E-state index contributed by atoms with van der Waals surface area (Å²) in [6, 6.07) is 10.1. The Labute approximate surface area is 167 Å². The number of carbonyl (C=O) groups excluding carboxylic acids is 2. The van der Waals surface area contributed by atoms with Crippen LogP contribution in [0.25, 0.3) is 0 Å². The van der Waals surface area contributed by atoms with Crippen LogP contribution in [0.1, 0.15) is 17.3 Å². The molecular weight excluding hydrogens is 379 g/mol. The molecule has 0 unspecified atom stereocenters. The van der Waals surface area contributed by atoms with E-state index in [1.165, 1.54) is 37.3 Å². The Morgan fingerprint density at radius 3 is 2.31 bits per heavy atom. The number of nitro groups is 1. The molecule has 2 aromatic carbocycles. The fraction of sp³-hybridized carbons (Fsp3) is 0.300. The predicted octanol–water partition coefficient (Wildman–Crippen LogP) is 2.70. The van der Waals surface area contributed by atoms with E-state index in [1.54, 1.807) is 12.1 Å². The normalized spacial score (nSPS) is 14.5. The highest BCUT2D eigenvalue weighted by molar-refractivity contribution is 5.94. The summed E-state index contributed by atoms with van der Waals surface area (Å²) in [5.74, 6) is -0.828. The first-order valence-corrected chi connectivity index (χ1v) is 9.15. The number of non-ortho nitro benzene ring substituents is 1. The third-order valence-corrected chi connectivity index (χ3v) is 4.80. The molecule has 0 saturated carbocycles. The Morgan fingerprint density at radius 2 is 1.76 bits per heavy atom. The van der Waals surface area contributed by atoms with Crippen molar-refractivity contribution in [2.24, 2.45) is 0 Å². The molecule has 152 valence electrons. The van der Waals surface area contributed by atoms with Gasteiger partial charge in [-0.2, -0.15) is 0 Å². The lowest BCUT2D eigenvalue weighted by Crippen LogP contribution is -2.48. The molecule has 29 heavy (non-hydrogen) atoms. The van der Waals surface area contributed by atoms with Gasteiger partial charge in [0.2, 0.25) is 5.91 Å². The van der Waals surface area contributed by atoms with Gasteiger partial charge in [-0.25, -0.2) is 4.39 Å². The molecule has 1 heterocycles. The summed E-state index contributed by atoms with van der Waals surface area (Å²) in [5, 5.41) is 13.4. The zero-order chi connectivity index (χ0) is 21.0. The number of nitrogens with one attached hydrogen (secondary N) is 1. The summed E-state index contributed by atoms with van der Waals surface area (Å²) >= 11 is 0. The van der Waals surface area contributed by atoms with E-state index in [0.717, 1.165) is 0 Å². The molecule has 0 radical (unpaired) electrons. The molecule has 1 amide bonds. The molecule has 8 nitrogen and oxygen atoms in total. The summed E-state index contributed by atoms with van der Waals surface area (Å²) in [6.45, 7) is 3.86. The van der Waals surface area contributed by atoms with Gasteiger partial charge in [0.25, 0.3) is 5.69 Å².